The largest absolute Gasteiger partial charge is 0.495 e. The Labute approximate surface area is 171 Å². The Hall–Kier alpha value is -3.49. The van der Waals surface area contributed by atoms with Gasteiger partial charge in [0.25, 0.3) is 5.91 Å². The molecular formula is C21H20F2N2O5. The number of ether oxygens (including phenoxy) is 2. The number of nitrogens with one attached hydrogen (secondary N) is 1. The van der Waals surface area contributed by atoms with Gasteiger partial charge in [0.15, 0.2) is 6.10 Å². The quantitative estimate of drug-likeness (QED) is 0.730. The highest BCUT2D eigenvalue weighted by Crippen LogP contribution is 2.33. The van der Waals surface area contributed by atoms with Crippen LogP contribution in [0.1, 0.15) is 13.3 Å². The van der Waals surface area contributed by atoms with E-state index in [0.717, 1.165) is 12.1 Å². The van der Waals surface area contributed by atoms with Gasteiger partial charge in [-0.1, -0.05) is 12.1 Å². The van der Waals surface area contributed by atoms with Crippen molar-refractivity contribution >= 4 is 29.2 Å². The minimum absolute atomic E-state index is 0.0716. The van der Waals surface area contributed by atoms with Crippen LogP contribution < -0.4 is 15.0 Å². The fourth-order valence-electron chi connectivity index (χ4n) is 3.10. The SMILES string of the molecule is COc1ccccc1N1C[C@@H](C(=O)O[C@@H](C)C(=O)Nc2ccc(F)cc2F)CC1=O. The number of hydrogen-bond acceptors (Lipinski definition) is 5. The number of amides is 2. The minimum Gasteiger partial charge on any atom is -0.495 e. The fourth-order valence-corrected chi connectivity index (χ4v) is 3.10. The highest BCUT2D eigenvalue weighted by molar-refractivity contribution is 6.01. The predicted molar refractivity (Wildman–Crippen MR) is 104 cm³/mol. The van der Waals surface area contributed by atoms with Crippen LogP contribution in [0.4, 0.5) is 20.2 Å². The van der Waals surface area contributed by atoms with Crippen molar-refractivity contribution in [3.8, 4) is 5.75 Å². The molecule has 2 aromatic carbocycles. The maximum absolute atomic E-state index is 13.7. The number of anilines is 2. The third-order valence-corrected chi connectivity index (χ3v) is 4.69. The number of esters is 1. The standard InChI is InChI=1S/C21H20F2N2O5/c1-12(20(27)24-16-8-7-14(22)10-15(16)23)30-21(28)13-9-19(26)25(11-13)17-5-3-4-6-18(17)29-2/h3-8,10,12-13H,9,11H2,1-2H3,(H,24,27)/t12-,13-/m0/s1. The molecule has 2 amide bonds. The van der Waals surface area contributed by atoms with Crippen molar-refractivity contribution in [2.75, 3.05) is 23.9 Å². The highest BCUT2D eigenvalue weighted by atomic mass is 19.1. The van der Waals surface area contributed by atoms with Gasteiger partial charge < -0.3 is 19.7 Å². The summed E-state index contributed by atoms with van der Waals surface area (Å²) in [5, 5.41) is 2.24. The Bertz CT molecular complexity index is 982. The molecule has 0 bridgehead atoms. The first-order chi connectivity index (χ1) is 14.3. The fraction of sp³-hybridized carbons (Fsp3) is 0.286. The number of nitrogens with zero attached hydrogens (tertiary/aromatic N) is 1. The van der Waals surface area contributed by atoms with Crippen LogP contribution in [-0.4, -0.2) is 37.5 Å². The molecule has 0 aromatic heterocycles. The molecule has 1 heterocycles. The molecule has 7 nitrogen and oxygen atoms in total. The van der Waals surface area contributed by atoms with Gasteiger partial charge in [-0.3, -0.25) is 14.4 Å². The molecule has 0 saturated carbocycles. The van der Waals surface area contributed by atoms with Crippen LogP contribution in [0.15, 0.2) is 42.5 Å². The Morgan fingerprint density at radius 1 is 1.20 bits per heavy atom. The molecule has 1 fully saturated rings. The molecule has 158 valence electrons. The van der Waals surface area contributed by atoms with Crippen LogP contribution in [0, 0.1) is 17.6 Å². The van der Waals surface area contributed by atoms with E-state index in [1.807, 2.05) is 0 Å². The average Bonchev–Trinajstić information content (AvgIpc) is 3.11. The third-order valence-electron chi connectivity index (χ3n) is 4.69. The summed E-state index contributed by atoms with van der Waals surface area (Å²) in [6.45, 7) is 1.41. The number of halogens is 2. The molecule has 2 aromatic rings. The van der Waals surface area contributed by atoms with E-state index in [4.69, 9.17) is 9.47 Å². The van der Waals surface area contributed by atoms with Gasteiger partial charge in [-0.2, -0.15) is 0 Å². The summed E-state index contributed by atoms with van der Waals surface area (Å²) in [6.07, 6.45) is -1.31. The van der Waals surface area contributed by atoms with Crippen molar-refractivity contribution in [2.45, 2.75) is 19.4 Å². The second-order valence-electron chi connectivity index (χ2n) is 6.77. The Morgan fingerprint density at radius 3 is 2.63 bits per heavy atom. The number of carbonyl (C=O) groups excluding carboxylic acids is 3. The molecule has 2 atom stereocenters. The van der Waals surface area contributed by atoms with E-state index in [2.05, 4.69) is 5.32 Å². The highest BCUT2D eigenvalue weighted by Gasteiger charge is 2.38. The van der Waals surface area contributed by atoms with Crippen LogP contribution in [0.3, 0.4) is 0 Å². The monoisotopic (exact) mass is 418 g/mol. The molecule has 9 heteroatoms. The van der Waals surface area contributed by atoms with Gasteiger partial charge in [0.05, 0.1) is 24.4 Å². The second kappa shape index (κ2) is 8.89. The smallest absolute Gasteiger partial charge is 0.312 e. The first-order valence-electron chi connectivity index (χ1n) is 9.20. The molecule has 30 heavy (non-hydrogen) atoms. The maximum Gasteiger partial charge on any atom is 0.312 e. The zero-order valence-corrected chi connectivity index (χ0v) is 16.4. The van der Waals surface area contributed by atoms with E-state index in [1.54, 1.807) is 24.3 Å². The summed E-state index contributed by atoms with van der Waals surface area (Å²) in [5.74, 6) is -3.77. The zero-order chi connectivity index (χ0) is 21.8. The Morgan fingerprint density at radius 2 is 1.93 bits per heavy atom. The number of para-hydroxylation sites is 2. The van der Waals surface area contributed by atoms with Gasteiger partial charge in [0.1, 0.15) is 17.4 Å². The molecule has 0 radical (unpaired) electrons. The van der Waals surface area contributed by atoms with Crippen molar-refractivity contribution in [1.82, 2.24) is 0 Å². The minimum atomic E-state index is -1.24. The van der Waals surface area contributed by atoms with Gasteiger partial charge in [0.2, 0.25) is 5.91 Å². The molecule has 1 saturated heterocycles. The topological polar surface area (TPSA) is 84.9 Å². The van der Waals surface area contributed by atoms with E-state index < -0.39 is 35.5 Å². The number of carbonyl (C=O) groups is 3. The molecule has 0 aliphatic carbocycles. The lowest BCUT2D eigenvalue weighted by Gasteiger charge is -2.20. The Balaban J connectivity index is 1.61. The van der Waals surface area contributed by atoms with Crippen LogP contribution in [0.5, 0.6) is 5.75 Å². The first-order valence-corrected chi connectivity index (χ1v) is 9.20. The van der Waals surface area contributed by atoms with Crippen molar-refractivity contribution in [2.24, 2.45) is 5.92 Å². The average molecular weight is 418 g/mol. The van der Waals surface area contributed by atoms with E-state index in [0.29, 0.717) is 17.5 Å². The van der Waals surface area contributed by atoms with Gasteiger partial charge in [-0.05, 0) is 31.2 Å². The zero-order valence-electron chi connectivity index (χ0n) is 16.4. The van der Waals surface area contributed by atoms with Gasteiger partial charge >= 0.3 is 5.97 Å². The number of methoxy groups -OCH3 is 1. The summed E-state index contributed by atoms with van der Waals surface area (Å²) in [7, 11) is 1.48. The summed E-state index contributed by atoms with van der Waals surface area (Å²) in [6, 6.07) is 9.61. The lowest BCUT2D eigenvalue weighted by molar-refractivity contribution is -0.157. The van der Waals surface area contributed by atoms with Crippen LogP contribution in [-0.2, 0) is 19.1 Å². The predicted octanol–water partition coefficient (Wildman–Crippen LogP) is 2.90. The molecule has 0 unspecified atom stereocenters. The number of rotatable bonds is 6. The van der Waals surface area contributed by atoms with Crippen molar-refractivity contribution in [3.05, 3.63) is 54.1 Å². The van der Waals surface area contributed by atoms with Crippen molar-refractivity contribution in [1.29, 1.82) is 0 Å². The molecule has 1 aliphatic heterocycles. The maximum atomic E-state index is 13.7. The molecule has 1 N–H and O–H groups in total. The Kier molecular flexibility index (Phi) is 6.29. The van der Waals surface area contributed by atoms with E-state index >= 15 is 0 Å². The van der Waals surface area contributed by atoms with Crippen molar-refractivity contribution < 1.29 is 32.6 Å². The third kappa shape index (κ3) is 4.56. The summed E-state index contributed by atoms with van der Waals surface area (Å²) >= 11 is 0. The van der Waals surface area contributed by atoms with E-state index in [-0.39, 0.29) is 24.6 Å². The lowest BCUT2D eigenvalue weighted by atomic mass is 10.1. The summed E-state index contributed by atoms with van der Waals surface area (Å²) < 4.78 is 37.1. The van der Waals surface area contributed by atoms with Crippen LogP contribution >= 0.6 is 0 Å². The van der Waals surface area contributed by atoms with Gasteiger partial charge in [0, 0.05) is 19.0 Å². The number of benzene rings is 2. The van der Waals surface area contributed by atoms with E-state index in [1.165, 1.54) is 18.9 Å². The summed E-state index contributed by atoms with van der Waals surface area (Å²) in [4.78, 5) is 38.5. The molecular weight excluding hydrogens is 398 g/mol. The van der Waals surface area contributed by atoms with Crippen LogP contribution in [0.2, 0.25) is 0 Å². The number of hydrogen-bond donors (Lipinski definition) is 1. The van der Waals surface area contributed by atoms with Gasteiger partial charge in [-0.15, -0.1) is 0 Å². The van der Waals surface area contributed by atoms with Crippen molar-refractivity contribution in [3.63, 3.8) is 0 Å². The van der Waals surface area contributed by atoms with E-state index in [9.17, 15) is 23.2 Å². The second-order valence-corrected chi connectivity index (χ2v) is 6.77. The first kappa shape index (κ1) is 21.2. The molecule has 1 aliphatic rings. The molecule has 0 spiro atoms. The summed E-state index contributed by atoms with van der Waals surface area (Å²) in [5.41, 5.74) is 0.306. The molecule has 3 rings (SSSR count). The normalized spacial score (nSPS) is 16.9. The van der Waals surface area contributed by atoms with Crippen LogP contribution in [0.25, 0.3) is 0 Å². The lowest BCUT2D eigenvalue weighted by Crippen LogP contribution is -2.33. The van der Waals surface area contributed by atoms with Gasteiger partial charge in [-0.25, -0.2) is 8.78 Å².